The summed E-state index contributed by atoms with van der Waals surface area (Å²) >= 11 is 0. The van der Waals surface area contributed by atoms with Crippen LogP contribution < -0.4 is 15.4 Å². The normalized spacial score (nSPS) is 10.5. The Bertz CT molecular complexity index is 1260. The summed E-state index contributed by atoms with van der Waals surface area (Å²) in [6.07, 6.45) is 8.44. The van der Waals surface area contributed by atoms with Crippen molar-refractivity contribution in [2.24, 2.45) is 0 Å². The van der Waals surface area contributed by atoms with E-state index in [-0.39, 0.29) is 30.5 Å². The van der Waals surface area contributed by atoms with Crippen LogP contribution in [0.15, 0.2) is 85.7 Å². The Morgan fingerprint density at radius 2 is 1.94 bits per heavy atom. The van der Waals surface area contributed by atoms with Gasteiger partial charge in [0.2, 0.25) is 5.91 Å². The first-order valence-electron chi connectivity index (χ1n) is 10.6. The molecule has 34 heavy (non-hydrogen) atoms. The number of carbonyl (C=O) groups excluding carboxylic acids is 2. The lowest BCUT2D eigenvalue weighted by Crippen LogP contribution is -2.23. The van der Waals surface area contributed by atoms with Crippen molar-refractivity contribution in [3.05, 3.63) is 103 Å². The first-order valence-corrected chi connectivity index (χ1v) is 10.6. The molecular formula is C25H22FN5O3. The van der Waals surface area contributed by atoms with E-state index in [1.807, 2.05) is 4.57 Å². The van der Waals surface area contributed by atoms with Crippen LogP contribution in [0.4, 0.5) is 10.1 Å². The zero-order valence-corrected chi connectivity index (χ0v) is 18.1. The van der Waals surface area contributed by atoms with Crippen LogP contribution in [0.2, 0.25) is 0 Å². The van der Waals surface area contributed by atoms with E-state index in [1.54, 1.807) is 67.4 Å². The van der Waals surface area contributed by atoms with Crippen molar-refractivity contribution in [3.8, 4) is 11.5 Å². The molecule has 172 valence electrons. The molecule has 4 aromatic rings. The third-order valence-corrected chi connectivity index (χ3v) is 4.88. The second kappa shape index (κ2) is 10.9. The zero-order chi connectivity index (χ0) is 23.8. The van der Waals surface area contributed by atoms with Crippen molar-refractivity contribution >= 4 is 17.5 Å². The van der Waals surface area contributed by atoms with Gasteiger partial charge in [0.1, 0.15) is 5.75 Å². The third-order valence-electron chi connectivity index (χ3n) is 4.88. The van der Waals surface area contributed by atoms with Gasteiger partial charge in [-0.3, -0.25) is 14.6 Å². The maximum absolute atomic E-state index is 14.4. The highest BCUT2D eigenvalue weighted by Crippen LogP contribution is 2.24. The number of anilines is 1. The third kappa shape index (κ3) is 6.26. The lowest BCUT2D eigenvalue weighted by Gasteiger charge is -2.10. The van der Waals surface area contributed by atoms with Gasteiger partial charge in [-0.15, -0.1) is 0 Å². The molecule has 0 radical (unpaired) electrons. The topological polar surface area (TPSA) is 98.1 Å². The van der Waals surface area contributed by atoms with E-state index >= 15 is 0 Å². The average Bonchev–Trinajstić information content (AvgIpc) is 3.37. The molecule has 2 N–H and O–H groups in total. The minimum Gasteiger partial charge on any atom is -0.453 e. The number of hydrogen-bond donors (Lipinski definition) is 2. The molecule has 2 aromatic heterocycles. The Morgan fingerprint density at radius 3 is 2.71 bits per heavy atom. The van der Waals surface area contributed by atoms with E-state index in [0.717, 1.165) is 0 Å². The highest BCUT2D eigenvalue weighted by Gasteiger charge is 2.10. The predicted molar refractivity (Wildman–Crippen MR) is 124 cm³/mol. The van der Waals surface area contributed by atoms with Gasteiger partial charge in [0.25, 0.3) is 5.91 Å². The maximum Gasteiger partial charge on any atom is 0.251 e. The lowest BCUT2D eigenvalue weighted by molar-refractivity contribution is -0.116. The second-order valence-corrected chi connectivity index (χ2v) is 7.42. The summed E-state index contributed by atoms with van der Waals surface area (Å²) in [4.78, 5) is 32.6. The van der Waals surface area contributed by atoms with E-state index in [4.69, 9.17) is 4.74 Å². The Balaban J connectivity index is 1.30. The number of aryl methyl sites for hydroxylation is 1. The Kier molecular flexibility index (Phi) is 7.24. The van der Waals surface area contributed by atoms with Gasteiger partial charge >= 0.3 is 0 Å². The van der Waals surface area contributed by atoms with Crippen LogP contribution in [0, 0.1) is 5.82 Å². The summed E-state index contributed by atoms with van der Waals surface area (Å²) in [6.45, 7) is 0.638. The van der Waals surface area contributed by atoms with E-state index in [2.05, 4.69) is 20.6 Å². The minimum atomic E-state index is -0.545. The fraction of sp³-hybridized carbons (Fsp3) is 0.120. The maximum atomic E-state index is 14.4. The minimum absolute atomic E-state index is 0.0690. The average molecular weight is 459 g/mol. The molecule has 8 nitrogen and oxygen atoms in total. The Morgan fingerprint density at radius 1 is 1.03 bits per heavy atom. The smallest absolute Gasteiger partial charge is 0.251 e. The van der Waals surface area contributed by atoms with E-state index in [0.29, 0.717) is 29.1 Å². The number of hydrogen-bond acceptors (Lipinski definition) is 5. The summed E-state index contributed by atoms with van der Waals surface area (Å²) in [5.41, 5.74) is 1.48. The number of rotatable bonds is 9. The van der Waals surface area contributed by atoms with Gasteiger partial charge < -0.3 is 19.9 Å². The van der Waals surface area contributed by atoms with Gasteiger partial charge in [0, 0.05) is 49.4 Å². The van der Waals surface area contributed by atoms with Crippen molar-refractivity contribution in [2.75, 3.05) is 5.32 Å². The molecule has 2 amide bonds. The fourth-order valence-corrected chi connectivity index (χ4v) is 3.17. The first kappa shape index (κ1) is 22.7. The molecule has 0 aliphatic heterocycles. The molecule has 9 heteroatoms. The van der Waals surface area contributed by atoms with Crippen LogP contribution in [0.3, 0.4) is 0 Å². The van der Waals surface area contributed by atoms with Crippen molar-refractivity contribution in [1.82, 2.24) is 19.9 Å². The number of aromatic nitrogens is 3. The van der Waals surface area contributed by atoms with Gasteiger partial charge in [0.05, 0.1) is 12.5 Å². The molecule has 0 aliphatic rings. The first-order chi connectivity index (χ1) is 16.6. The molecule has 2 heterocycles. The number of pyridine rings is 1. The molecule has 0 saturated carbocycles. The number of nitrogens with one attached hydrogen (secondary N) is 2. The van der Waals surface area contributed by atoms with Crippen LogP contribution in [0.1, 0.15) is 22.3 Å². The number of amides is 2. The standard InChI is InChI=1S/C25H22FN5O3/c26-22-13-18(6-7-23(22)34-21-5-2-9-27-16-21)15-29-25(33)19-3-1-4-20(14-19)30-24(32)8-11-31-12-10-28-17-31/h1-7,9-10,12-14,16-17H,8,11,15H2,(H,29,33)(H,30,32). The molecule has 0 fully saturated rings. The SMILES string of the molecule is O=C(CCn1ccnc1)Nc1cccc(C(=O)NCc2ccc(Oc3cccnc3)c(F)c2)c1. The van der Waals surface area contributed by atoms with Crippen LogP contribution in [0.5, 0.6) is 11.5 Å². The molecule has 0 saturated heterocycles. The Hall–Kier alpha value is -4.53. The molecule has 0 spiro atoms. The highest BCUT2D eigenvalue weighted by molar-refractivity contribution is 5.97. The van der Waals surface area contributed by atoms with E-state index < -0.39 is 5.82 Å². The molecule has 4 rings (SSSR count). The molecule has 0 bridgehead atoms. The van der Waals surface area contributed by atoms with Gasteiger partial charge in [-0.2, -0.15) is 0 Å². The molecule has 0 atom stereocenters. The van der Waals surface area contributed by atoms with Crippen LogP contribution in [-0.4, -0.2) is 26.3 Å². The summed E-state index contributed by atoms with van der Waals surface area (Å²) in [5, 5.41) is 5.54. The predicted octanol–water partition coefficient (Wildman–Crippen LogP) is 4.17. The van der Waals surface area contributed by atoms with Crippen molar-refractivity contribution < 1.29 is 18.7 Å². The van der Waals surface area contributed by atoms with Crippen molar-refractivity contribution in [3.63, 3.8) is 0 Å². The number of imidazole rings is 1. The number of nitrogens with zero attached hydrogens (tertiary/aromatic N) is 3. The van der Waals surface area contributed by atoms with Gasteiger partial charge in [0.15, 0.2) is 11.6 Å². The summed E-state index contributed by atoms with van der Waals surface area (Å²) in [6, 6.07) is 14.5. The van der Waals surface area contributed by atoms with E-state index in [1.165, 1.54) is 18.3 Å². The van der Waals surface area contributed by atoms with Crippen molar-refractivity contribution in [2.45, 2.75) is 19.5 Å². The molecular weight excluding hydrogens is 437 g/mol. The summed E-state index contributed by atoms with van der Waals surface area (Å²) in [7, 11) is 0. The number of carbonyl (C=O) groups is 2. The molecule has 0 aliphatic carbocycles. The number of ether oxygens (including phenoxy) is 1. The number of halogens is 1. The molecule has 2 aromatic carbocycles. The second-order valence-electron chi connectivity index (χ2n) is 7.42. The monoisotopic (exact) mass is 459 g/mol. The molecule has 0 unspecified atom stereocenters. The van der Waals surface area contributed by atoms with Crippen LogP contribution >= 0.6 is 0 Å². The zero-order valence-electron chi connectivity index (χ0n) is 18.1. The quantitative estimate of drug-likeness (QED) is 0.392. The number of benzene rings is 2. The lowest BCUT2D eigenvalue weighted by atomic mass is 10.1. The van der Waals surface area contributed by atoms with Crippen LogP contribution in [-0.2, 0) is 17.9 Å². The van der Waals surface area contributed by atoms with Crippen LogP contribution in [0.25, 0.3) is 0 Å². The largest absolute Gasteiger partial charge is 0.453 e. The Labute approximate surface area is 195 Å². The van der Waals surface area contributed by atoms with Gasteiger partial charge in [-0.05, 0) is 48.0 Å². The fourth-order valence-electron chi connectivity index (χ4n) is 3.17. The van der Waals surface area contributed by atoms with E-state index in [9.17, 15) is 14.0 Å². The summed E-state index contributed by atoms with van der Waals surface area (Å²) in [5.74, 6) is -0.562. The van der Waals surface area contributed by atoms with Gasteiger partial charge in [-0.1, -0.05) is 12.1 Å². The highest BCUT2D eigenvalue weighted by atomic mass is 19.1. The summed E-state index contributed by atoms with van der Waals surface area (Å²) < 4.78 is 21.7. The van der Waals surface area contributed by atoms with Gasteiger partial charge in [-0.25, -0.2) is 9.37 Å². The van der Waals surface area contributed by atoms with Crippen molar-refractivity contribution in [1.29, 1.82) is 0 Å².